The Morgan fingerprint density at radius 1 is 1.30 bits per heavy atom. The predicted molar refractivity (Wildman–Crippen MR) is 111 cm³/mol. The third kappa shape index (κ3) is 4.43. The van der Waals surface area contributed by atoms with Crippen LogP contribution in [0.25, 0.3) is 11.3 Å². The number of morpholine rings is 1. The maximum atomic E-state index is 12.7. The first-order valence-corrected chi connectivity index (χ1v) is 10.4. The molecule has 4 rings (SSSR count). The second-order valence-corrected chi connectivity index (χ2v) is 7.44. The Kier molecular flexibility index (Phi) is 6.23. The largest absolute Gasteiger partial charge is 0.368 e. The summed E-state index contributed by atoms with van der Waals surface area (Å²) in [6.45, 7) is 6.34. The van der Waals surface area contributed by atoms with Crippen LogP contribution in [0.1, 0.15) is 43.0 Å². The lowest BCUT2D eigenvalue weighted by molar-refractivity contribution is -0.139. The van der Waals surface area contributed by atoms with E-state index in [1.54, 1.807) is 6.20 Å². The van der Waals surface area contributed by atoms with Crippen molar-refractivity contribution in [2.24, 2.45) is 0 Å². The molecule has 0 aliphatic carbocycles. The van der Waals surface area contributed by atoms with Crippen molar-refractivity contribution in [2.75, 3.05) is 19.7 Å². The Morgan fingerprint density at radius 3 is 3.00 bits per heavy atom. The summed E-state index contributed by atoms with van der Waals surface area (Å²) in [5.74, 6) is 0.977. The van der Waals surface area contributed by atoms with Crippen molar-refractivity contribution in [3.05, 3.63) is 53.8 Å². The van der Waals surface area contributed by atoms with Gasteiger partial charge in [-0.3, -0.25) is 9.48 Å². The molecule has 3 aromatic rings. The van der Waals surface area contributed by atoms with E-state index < -0.39 is 0 Å². The molecule has 0 unspecified atom stereocenters. The number of ether oxygens (including phenoxy) is 1. The first-order chi connectivity index (χ1) is 14.7. The first-order valence-electron chi connectivity index (χ1n) is 10.4. The highest BCUT2D eigenvalue weighted by Crippen LogP contribution is 2.29. The lowest BCUT2D eigenvalue weighted by Gasteiger charge is -2.33. The summed E-state index contributed by atoms with van der Waals surface area (Å²) < 4.78 is 13.2. The Labute approximate surface area is 175 Å². The number of nitrogens with zero attached hydrogens (tertiary/aromatic N) is 5. The normalized spacial score (nSPS) is 16.7. The number of aryl methyl sites for hydroxylation is 3. The minimum atomic E-state index is -0.237. The van der Waals surface area contributed by atoms with Crippen molar-refractivity contribution in [3.8, 4) is 11.3 Å². The highest BCUT2D eigenvalue weighted by molar-refractivity contribution is 5.76. The van der Waals surface area contributed by atoms with Crippen molar-refractivity contribution >= 4 is 5.91 Å². The van der Waals surface area contributed by atoms with Crippen LogP contribution in [0.5, 0.6) is 0 Å². The third-order valence-corrected chi connectivity index (χ3v) is 5.37. The predicted octanol–water partition coefficient (Wildman–Crippen LogP) is 3.18. The average molecular weight is 409 g/mol. The molecule has 30 heavy (non-hydrogen) atoms. The van der Waals surface area contributed by atoms with E-state index in [2.05, 4.69) is 10.3 Å². The summed E-state index contributed by atoms with van der Waals surface area (Å²) in [7, 11) is 0. The van der Waals surface area contributed by atoms with Crippen molar-refractivity contribution in [1.82, 2.24) is 24.8 Å². The number of hydrogen-bond donors (Lipinski definition) is 0. The zero-order chi connectivity index (χ0) is 20.9. The van der Waals surface area contributed by atoms with Crippen LogP contribution in [0.2, 0.25) is 0 Å². The van der Waals surface area contributed by atoms with Gasteiger partial charge < -0.3 is 14.2 Å². The quantitative estimate of drug-likeness (QED) is 0.596. The van der Waals surface area contributed by atoms with E-state index in [1.165, 1.54) is 0 Å². The van der Waals surface area contributed by atoms with Gasteiger partial charge in [0.1, 0.15) is 11.9 Å². The molecule has 0 bridgehead atoms. The molecule has 1 aliphatic heterocycles. The van der Waals surface area contributed by atoms with Crippen LogP contribution in [0.3, 0.4) is 0 Å². The summed E-state index contributed by atoms with van der Waals surface area (Å²) in [5.41, 5.74) is 3.43. The lowest BCUT2D eigenvalue weighted by atomic mass is 10.1. The topological polar surface area (TPSA) is 86.3 Å². The van der Waals surface area contributed by atoms with E-state index in [-0.39, 0.29) is 12.0 Å². The number of rotatable bonds is 7. The van der Waals surface area contributed by atoms with E-state index in [0.717, 1.165) is 47.8 Å². The highest BCUT2D eigenvalue weighted by atomic mass is 16.5. The van der Waals surface area contributed by atoms with Gasteiger partial charge in [-0.2, -0.15) is 5.10 Å². The van der Waals surface area contributed by atoms with Crippen LogP contribution >= 0.6 is 0 Å². The van der Waals surface area contributed by atoms with Crippen molar-refractivity contribution in [3.63, 3.8) is 0 Å². The monoisotopic (exact) mass is 409 g/mol. The zero-order valence-electron chi connectivity index (χ0n) is 17.5. The summed E-state index contributed by atoms with van der Waals surface area (Å²) in [5, 5.41) is 8.26. The minimum Gasteiger partial charge on any atom is -0.368 e. The smallest absolute Gasteiger partial charge is 0.222 e. The zero-order valence-corrected chi connectivity index (χ0v) is 17.5. The fraction of sp³-hybridized carbons (Fsp3) is 0.455. The average Bonchev–Trinajstić information content (AvgIpc) is 3.43. The van der Waals surface area contributed by atoms with Crippen LogP contribution < -0.4 is 0 Å². The minimum absolute atomic E-state index is 0.148. The van der Waals surface area contributed by atoms with Crippen LogP contribution in [-0.2, 0) is 22.5 Å². The summed E-state index contributed by atoms with van der Waals surface area (Å²) in [4.78, 5) is 19.4. The maximum absolute atomic E-state index is 12.7. The van der Waals surface area contributed by atoms with Gasteiger partial charge in [-0.15, -0.1) is 0 Å². The van der Waals surface area contributed by atoms with Gasteiger partial charge in [0.25, 0.3) is 0 Å². The van der Waals surface area contributed by atoms with Gasteiger partial charge in [0.05, 0.1) is 35.8 Å². The standard InChI is InChI=1S/C22H27N5O3/c1-3-19-22(16(2)25-30-19)18-8-4-7-17(24-18)20-15-26(13-14-29-20)21(28)9-5-11-27-12-6-10-23-27/h4,6-8,10,12,20H,3,5,9,11,13-15H2,1-2H3/t20-/m1/s1. The van der Waals surface area contributed by atoms with Crippen molar-refractivity contribution in [1.29, 1.82) is 0 Å². The molecule has 1 fully saturated rings. The van der Waals surface area contributed by atoms with E-state index in [1.807, 2.05) is 53.9 Å². The van der Waals surface area contributed by atoms with Gasteiger partial charge in [0, 0.05) is 38.3 Å². The molecule has 8 nitrogen and oxygen atoms in total. The molecule has 4 heterocycles. The Morgan fingerprint density at radius 2 is 2.20 bits per heavy atom. The fourth-order valence-corrected chi connectivity index (χ4v) is 3.79. The number of pyridine rings is 1. The van der Waals surface area contributed by atoms with Crippen molar-refractivity contribution in [2.45, 2.75) is 45.8 Å². The fourth-order valence-electron chi connectivity index (χ4n) is 3.79. The van der Waals surface area contributed by atoms with Gasteiger partial charge in [0.15, 0.2) is 0 Å². The Bertz CT molecular complexity index is 983. The number of carbonyl (C=O) groups is 1. The van der Waals surface area contributed by atoms with Crippen LogP contribution in [-0.4, -0.2) is 50.4 Å². The second kappa shape index (κ2) is 9.21. The van der Waals surface area contributed by atoms with Gasteiger partial charge in [0.2, 0.25) is 5.91 Å². The summed E-state index contributed by atoms with van der Waals surface area (Å²) in [6.07, 6.45) is 5.44. The molecule has 0 aromatic carbocycles. The number of carbonyl (C=O) groups excluding carboxylic acids is 1. The van der Waals surface area contributed by atoms with E-state index in [0.29, 0.717) is 26.1 Å². The SMILES string of the molecule is CCc1onc(C)c1-c1cccc([C@H]2CN(C(=O)CCCn3cccn3)CCO2)n1. The molecular formula is C22H27N5O3. The Balaban J connectivity index is 1.42. The van der Waals surface area contributed by atoms with Crippen LogP contribution in [0.15, 0.2) is 41.2 Å². The lowest BCUT2D eigenvalue weighted by Crippen LogP contribution is -2.42. The molecule has 1 amide bonds. The summed E-state index contributed by atoms with van der Waals surface area (Å²) in [6, 6.07) is 7.77. The van der Waals surface area contributed by atoms with Gasteiger partial charge >= 0.3 is 0 Å². The molecule has 0 saturated carbocycles. The van der Waals surface area contributed by atoms with Gasteiger partial charge in [-0.25, -0.2) is 4.98 Å². The molecule has 1 saturated heterocycles. The van der Waals surface area contributed by atoms with Crippen molar-refractivity contribution < 1.29 is 14.1 Å². The molecule has 1 atom stereocenters. The number of hydrogen-bond acceptors (Lipinski definition) is 6. The third-order valence-electron chi connectivity index (χ3n) is 5.37. The summed E-state index contributed by atoms with van der Waals surface area (Å²) >= 11 is 0. The first kappa shape index (κ1) is 20.3. The van der Waals surface area contributed by atoms with E-state index in [9.17, 15) is 4.79 Å². The Hall–Kier alpha value is -3.00. The number of amides is 1. The molecule has 3 aromatic heterocycles. The van der Waals surface area contributed by atoms with E-state index >= 15 is 0 Å². The molecule has 0 N–H and O–H groups in total. The van der Waals surface area contributed by atoms with Gasteiger partial charge in [-0.05, 0) is 31.5 Å². The second-order valence-electron chi connectivity index (χ2n) is 7.44. The molecular weight excluding hydrogens is 382 g/mol. The molecule has 0 radical (unpaired) electrons. The molecule has 0 spiro atoms. The molecule has 158 valence electrons. The molecule has 1 aliphatic rings. The van der Waals surface area contributed by atoms with Gasteiger partial charge in [-0.1, -0.05) is 18.1 Å². The molecule has 8 heteroatoms. The van der Waals surface area contributed by atoms with E-state index in [4.69, 9.17) is 14.2 Å². The highest BCUT2D eigenvalue weighted by Gasteiger charge is 2.26. The van der Waals surface area contributed by atoms with Crippen LogP contribution in [0.4, 0.5) is 0 Å². The maximum Gasteiger partial charge on any atom is 0.222 e. The van der Waals surface area contributed by atoms with Crippen LogP contribution in [0, 0.1) is 6.92 Å². The number of aromatic nitrogens is 4.